The van der Waals surface area contributed by atoms with E-state index in [9.17, 15) is 4.79 Å². The van der Waals surface area contributed by atoms with Gasteiger partial charge >= 0.3 is 0 Å². The topological polar surface area (TPSA) is 74.6 Å². The van der Waals surface area contributed by atoms with Crippen molar-refractivity contribution in [2.75, 3.05) is 25.6 Å². The molecule has 1 aliphatic rings. The van der Waals surface area contributed by atoms with Crippen molar-refractivity contribution in [1.82, 2.24) is 9.78 Å². The Labute approximate surface area is 181 Å². The number of carbonyl (C=O) groups excluding carboxylic acids is 1. The summed E-state index contributed by atoms with van der Waals surface area (Å²) in [5, 5.41) is 7.52. The first-order valence-electron chi connectivity index (χ1n) is 10.2. The summed E-state index contributed by atoms with van der Waals surface area (Å²) < 4.78 is 18.5. The Morgan fingerprint density at radius 3 is 2.71 bits per heavy atom. The minimum absolute atomic E-state index is 0.0577. The van der Waals surface area contributed by atoms with Crippen molar-refractivity contribution in [2.24, 2.45) is 0 Å². The van der Waals surface area contributed by atoms with E-state index in [1.54, 1.807) is 17.9 Å². The highest BCUT2D eigenvalue weighted by atomic mass is 16.5. The number of methoxy groups -OCH3 is 1. The highest BCUT2D eigenvalue weighted by molar-refractivity contribution is 5.94. The lowest BCUT2D eigenvalue weighted by molar-refractivity contribution is -0.116. The Morgan fingerprint density at radius 2 is 2.00 bits per heavy atom. The van der Waals surface area contributed by atoms with Crippen molar-refractivity contribution < 1.29 is 19.0 Å². The maximum atomic E-state index is 12.6. The van der Waals surface area contributed by atoms with Crippen molar-refractivity contribution in [3.63, 3.8) is 0 Å². The van der Waals surface area contributed by atoms with E-state index in [1.165, 1.54) is 0 Å². The summed E-state index contributed by atoms with van der Waals surface area (Å²) in [6, 6.07) is 13.3. The van der Waals surface area contributed by atoms with Crippen LogP contribution in [-0.2, 0) is 4.79 Å². The Bertz CT molecular complexity index is 1090. The van der Waals surface area contributed by atoms with Gasteiger partial charge in [0.2, 0.25) is 5.91 Å². The number of hydrogen-bond donors (Lipinski definition) is 1. The molecule has 31 heavy (non-hydrogen) atoms. The summed E-state index contributed by atoms with van der Waals surface area (Å²) in [4.78, 5) is 12.6. The van der Waals surface area contributed by atoms with Gasteiger partial charge in [-0.05, 0) is 48.9 Å². The summed E-state index contributed by atoms with van der Waals surface area (Å²) in [5.74, 6) is 2.54. The molecule has 7 nitrogen and oxygen atoms in total. The molecule has 1 aliphatic heterocycles. The SMILES string of the molecule is C=CCOc1ccc(C2CC(=O)Nc3c2cnn3-c2ccc(OC)cc2)cc1OCC. The molecule has 2 aromatic carbocycles. The van der Waals surface area contributed by atoms with Crippen LogP contribution in [0.25, 0.3) is 5.69 Å². The van der Waals surface area contributed by atoms with Gasteiger partial charge in [-0.3, -0.25) is 4.79 Å². The number of aromatic nitrogens is 2. The molecule has 1 aromatic heterocycles. The van der Waals surface area contributed by atoms with Gasteiger partial charge in [-0.2, -0.15) is 5.10 Å². The van der Waals surface area contributed by atoms with Crippen LogP contribution < -0.4 is 19.5 Å². The van der Waals surface area contributed by atoms with Gasteiger partial charge in [-0.1, -0.05) is 18.7 Å². The molecule has 0 saturated carbocycles. The molecule has 0 radical (unpaired) electrons. The molecule has 1 atom stereocenters. The van der Waals surface area contributed by atoms with Crippen LogP contribution in [0.1, 0.15) is 30.4 Å². The predicted molar refractivity (Wildman–Crippen MR) is 119 cm³/mol. The number of nitrogens with one attached hydrogen (secondary N) is 1. The molecular formula is C24H25N3O4. The molecule has 0 saturated heterocycles. The van der Waals surface area contributed by atoms with Crippen molar-refractivity contribution in [3.8, 4) is 22.9 Å². The summed E-state index contributed by atoms with van der Waals surface area (Å²) >= 11 is 0. The number of benzene rings is 2. The molecule has 1 N–H and O–H groups in total. The average Bonchev–Trinajstić information content (AvgIpc) is 3.21. The molecule has 1 amide bonds. The van der Waals surface area contributed by atoms with E-state index >= 15 is 0 Å². The summed E-state index contributed by atoms with van der Waals surface area (Å²) in [5.41, 5.74) is 2.77. The second-order valence-electron chi connectivity index (χ2n) is 7.10. The first kappa shape index (κ1) is 20.5. The van der Waals surface area contributed by atoms with Gasteiger partial charge < -0.3 is 19.5 Å². The Balaban J connectivity index is 1.71. The van der Waals surface area contributed by atoms with Crippen LogP contribution in [0.4, 0.5) is 5.82 Å². The van der Waals surface area contributed by atoms with E-state index in [-0.39, 0.29) is 11.8 Å². The second-order valence-corrected chi connectivity index (χ2v) is 7.10. The number of nitrogens with zero attached hydrogens (tertiary/aromatic N) is 2. The van der Waals surface area contributed by atoms with Gasteiger partial charge in [-0.15, -0.1) is 0 Å². The molecule has 160 valence electrons. The summed E-state index contributed by atoms with van der Waals surface area (Å²) in [6.45, 7) is 6.52. The maximum absolute atomic E-state index is 12.6. The number of fused-ring (bicyclic) bond motifs is 1. The average molecular weight is 419 g/mol. The van der Waals surface area contributed by atoms with Crippen molar-refractivity contribution in [3.05, 3.63) is 72.4 Å². The lowest BCUT2D eigenvalue weighted by Gasteiger charge is -2.24. The van der Waals surface area contributed by atoms with Gasteiger partial charge in [0.1, 0.15) is 18.2 Å². The van der Waals surface area contributed by atoms with Gasteiger partial charge in [0.15, 0.2) is 11.5 Å². The number of anilines is 1. The molecular weight excluding hydrogens is 394 g/mol. The third kappa shape index (κ3) is 4.12. The molecule has 0 fully saturated rings. The fourth-order valence-corrected chi connectivity index (χ4v) is 3.71. The van der Waals surface area contributed by atoms with Crippen molar-refractivity contribution in [1.29, 1.82) is 0 Å². The number of ether oxygens (including phenoxy) is 3. The Kier molecular flexibility index (Phi) is 5.93. The zero-order chi connectivity index (χ0) is 21.8. The van der Waals surface area contributed by atoms with E-state index in [4.69, 9.17) is 14.2 Å². The van der Waals surface area contributed by atoms with E-state index in [2.05, 4.69) is 17.0 Å². The lowest BCUT2D eigenvalue weighted by atomic mass is 9.87. The Morgan fingerprint density at radius 1 is 1.19 bits per heavy atom. The zero-order valence-electron chi connectivity index (χ0n) is 17.6. The van der Waals surface area contributed by atoms with Crippen LogP contribution in [0, 0.1) is 0 Å². The number of hydrogen-bond acceptors (Lipinski definition) is 5. The smallest absolute Gasteiger partial charge is 0.226 e. The number of rotatable bonds is 8. The van der Waals surface area contributed by atoms with Gasteiger partial charge in [0.05, 0.1) is 25.6 Å². The molecule has 7 heteroatoms. The maximum Gasteiger partial charge on any atom is 0.226 e. The van der Waals surface area contributed by atoms with Crippen LogP contribution in [0.5, 0.6) is 17.2 Å². The molecule has 0 bridgehead atoms. The number of carbonyl (C=O) groups is 1. The van der Waals surface area contributed by atoms with Crippen LogP contribution in [0.15, 0.2) is 61.3 Å². The van der Waals surface area contributed by atoms with Crippen LogP contribution >= 0.6 is 0 Å². The van der Waals surface area contributed by atoms with Crippen LogP contribution in [0.2, 0.25) is 0 Å². The molecule has 0 aliphatic carbocycles. The van der Waals surface area contributed by atoms with E-state index in [1.807, 2.05) is 55.6 Å². The van der Waals surface area contributed by atoms with E-state index in [0.29, 0.717) is 37.0 Å². The van der Waals surface area contributed by atoms with Crippen molar-refractivity contribution in [2.45, 2.75) is 19.3 Å². The van der Waals surface area contributed by atoms with Crippen molar-refractivity contribution >= 4 is 11.7 Å². The first-order chi connectivity index (χ1) is 15.1. The monoisotopic (exact) mass is 419 g/mol. The third-order valence-electron chi connectivity index (χ3n) is 5.16. The quantitative estimate of drug-likeness (QED) is 0.551. The summed E-state index contributed by atoms with van der Waals surface area (Å²) in [6.07, 6.45) is 3.83. The zero-order valence-corrected chi connectivity index (χ0v) is 17.6. The Hall–Kier alpha value is -3.74. The minimum atomic E-state index is -0.136. The third-order valence-corrected chi connectivity index (χ3v) is 5.16. The van der Waals surface area contributed by atoms with Crippen LogP contribution in [0.3, 0.4) is 0 Å². The van der Waals surface area contributed by atoms with Gasteiger partial charge in [0, 0.05) is 17.9 Å². The highest BCUT2D eigenvalue weighted by Gasteiger charge is 2.31. The van der Waals surface area contributed by atoms with E-state index < -0.39 is 0 Å². The normalized spacial score (nSPS) is 15.0. The van der Waals surface area contributed by atoms with Gasteiger partial charge in [0.25, 0.3) is 0 Å². The van der Waals surface area contributed by atoms with Gasteiger partial charge in [-0.25, -0.2) is 4.68 Å². The fraction of sp³-hybridized carbons (Fsp3) is 0.250. The first-order valence-corrected chi connectivity index (χ1v) is 10.2. The standard InChI is InChI=1S/C24H25N3O4/c1-4-12-31-21-11-6-16(13-22(21)30-5-2)19-14-23(28)26-24-20(19)15-25-27(24)17-7-9-18(29-3)10-8-17/h4,6-11,13,15,19H,1,5,12,14H2,2-3H3,(H,26,28). The highest BCUT2D eigenvalue weighted by Crippen LogP contribution is 2.41. The molecule has 2 heterocycles. The molecule has 3 aromatic rings. The van der Waals surface area contributed by atoms with Crippen LogP contribution in [-0.4, -0.2) is 36.0 Å². The predicted octanol–water partition coefficient (Wildman–Crippen LogP) is 4.32. The minimum Gasteiger partial charge on any atom is -0.497 e. The largest absolute Gasteiger partial charge is 0.497 e. The van der Waals surface area contributed by atoms with E-state index in [0.717, 1.165) is 22.6 Å². The summed E-state index contributed by atoms with van der Waals surface area (Å²) in [7, 11) is 1.62. The molecule has 4 rings (SSSR count). The second kappa shape index (κ2) is 8.95. The number of amides is 1. The molecule has 0 spiro atoms. The lowest BCUT2D eigenvalue weighted by Crippen LogP contribution is -2.24. The fourth-order valence-electron chi connectivity index (χ4n) is 3.71. The molecule has 1 unspecified atom stereocenters.